The van der Waals surface area contributed by atoms with Gasteiger partial charge in [-0.15, -0.1) is 0 Å². The Labute approximate surface area is 62.6 Å². The minimum absolute atomic E-state index is 0.121. The lowest BCUT2D eigenvalue weighted by Crippen LogP contribution is -2.23. The number of aliphatic hydroxyl groups is 1. The summed E-state index contributed by atoms with van der Waals surface area (Å²) in [6.07, 6.45) is 0. The van der Waals surface area contributed by atoms with Crippen LogP contribution in [0.15, 0.2) is 0 Å². The van der Waals surface area contributed by atoms with Crippen LogP contribution in [-0.2, 0) is 4.74 Å². The smallest absolute Gasteiger partial charge is 0.0698 e. The molecule has 0 saturated heterocycles. The summed E-state index contributed by atoms with van der Waals surface area (Å²) in [5.41, 5.74) is 0. The number of rotatable bonds is 6. The Hall–Kier alpha value is -0.120. The van der Waals surface area contributed by atoms with Gasteiger partial charge in [-0.25, -0.2) is 0 Å². The van der Waals surface area contributed by atoms with Gasteiger partial charge in [-0.05, 0) is 13.6 Å². The van der Waals surface area contributed by atoms with E-state index in [0.29, 0.717) is 13.2 Å². The van der Waals surface area contributed by atoms with E-state index in [0.717, 1.165) is 13.1 Å². The standard InChI is InChI=1S/C7H17NO2/c1-3-8(2)4-6-10-7-5-9/h9H,3-7H2,1-2H3. The predicted octanol–water partition coefficient (Wildman–Crippen LogP) is -0.0530. The summed E-state index contributed by atoms with van der Waals surface area (Å²) in [4.78, 5) is 2.16. The van der Waals surface area contributed by atoms with Crippen molar-refractivity contribution in [2.24, 2.45) is 0 Å². The SMILES string of the molecule is CCN(C)CCOCCO. The molecule has 0 atom stereocenters. The first-order valence-electron chi connectivity index (χ1n) is 3.68. The van der Waals surface area contributed by atoms with Gasteiger partial charge in [0.1, 0.15) is 0 Å². The molecule has 0 aromatic heterocycles. The van der Waals surface area contributed by atoms with Crippen molar-refractivity contribution in [2.75, 3.05) is 40.0 Å². The highest BCUT2D eigenvalue weighted by Gasteiger charge is 1.92. The average molecular weight is 147 g/mol. The van der Waals surface area contributed by atoms with Crippen molar-refractivity contribution >= 4 is 0 Å². The molecule has 0 saturated carbocycles. The van der Waals surface area contributed by atoms with Gasteiger partial charge in [-0.2, -0.15) is 0 Å². The Morgan fingerprint density at radius 2 is 2.10 bits per heavy atom. The highest BCUT2D eigenvalue weighted by atomic mass is 16.5. The zero-order valence-corrected chi connectivity index (χ0v) is 6.84. The maximum absolute atomic E-state index is 8.35. The highest BCUT2D eigenvalue weighted by molar-refractivity contribution is 4.44. The van der Waals surface area contributed by atoms with Crippen molar-refractivity contribution in [1.82, 2.24) is 4.90 Å². The number of hydrogen-bond acceptors (Lipinski definition) is 3. The monoisotopic (exact) mass is 147 g/mol. The predicted molar refractivity (Wildman–Crippen MR) is 41.1 cm³/mol. The molecule has 3 nitrogen and oxygen atoms in total. The fourth-order valence-corrected chi connectivity index (χ4v) is 0.545. The molecule has 0 aliphatic carbocycles. The molecule has 1 N–H and O–H groups in total. The Morgan fingerprint density at radius 1 is 1.40 bits per heavy atom. The third-order valence-electron chi connectivity index (χ3n) is 1.39. The van der Waals surface area contributed by atoms with Crippen LogP contribution in [0.5, 0.6) is 0 Å². The van der Waals surface area contributed by atoms with Gasteiger partial charge >= 0.3 is 0 Å². The normalized spacial score (nSPS) is 10.8. The van der Waals surface area contributed by atoms with Crippen LogP contribution in [0.4, 0.5) is 0 Å². The van der Waals surface area contributed by atoms with Crippen LogP contribution < -0.4 is 0 Å². The topological polar surface area (TPSA) is 32.7 Å². The molecule has 0 aromatic carbocycles. The second-order valence-corrected chi connectivity index (χ2v) is 2.23. The molecule has 0 bridgehead atoms. The van der Waals surface area contributed by atoms with Gasteiger partial charge in [0, 0.05) is 6.54 Å². The molecule has 0 heterocycles. The molecule has 3 heteroatoms. The Kier molecular flexibility index (Phi) is 6.91. The average Bonchev–Trinajstić information content (AvgIpc) is 1.98. The number of hydrogen-bond donors (Lipinski definition) is 1. The van der Waals surface area contributed by atoms with E-state index in [1.54, 1.807) is 0 Å². The molecule has 0 radical (unpaired) electrons. The lowest BCUT2D eigenvalue weighted by atomic mass is 10.5. The van der Waals surface area contributed by atoms with E-state index in [1.807, 2.05) is 7.05 Å². The van der Waals surface area contributed by atoms with Crippen molar-refractivity contribution in [3.63, 3.8) is 0 Å². The molecule has 0 fully saturated rings. The molecule has 10 heavy (non-hydrogen) atoms. The van der Waals surface area contributed by atoms with E-state index < -0.39 is 0 Å². The summed E-state index contributed by atoms with van der Waals surface area (Å²) in [5.74, 6) is 0. The van der Waals surface area contributed by atoms with Crippen molar-refractivity contribution in [3.8, 4) is 0 Å². The lowest BCUT2D eigenvalue weighted by molar-refractivity contribution is 0.0793. The van der Waals surface area contributed by atoms with Crippen LogP contribution in [-0.4, -0.2) is 50.0 Å². The Morgan fingerprint density at radius 3 is 2.60 bits per heavy atom. The quantitative estimate of drug-likeness (QED) is 0.534. The first kappa shape index (κ1) is 9.88. The number of nitrogens with zero attached hydrogens (tertiary/aromatic N) is 1. The zero-order valence-electron chi connectivity index (χ0n) is 6.84. The fourth-order valence-electron chi connectivity index (χ4n) is 0.545. The fraction of sp³-hybridized carbons (Fsp3) is 1.00. The summed E-state index contributed by atoms with van der Waals surface area (Å²) in [7, 11) is 2.04. The molecule has 0 amide bonds. The molecule has 0 unspecified atom stereocenters. The number of likely N-dealkylation sites (N-methyl/N-ethyl adjacent to an activating group) is 1. The van der Waals surface area contributed by atoms with Crippen molar-refractivity contribution in [3.05, 3.63) is 0 Å². The Balaban J connectivity index is 2.89. The second kappa shape index (κ2) is 6.99. The van der Waals surface area contributed by atoms with E-state index >= 15 is 0 Å². The van der Waals surface area contributed by atoms with Gasteiger partial charge < -0.3 is 14.7 Å². The van der Waals surface area contributed by atoms with E-state index in [9.17, 15) is 0 Å². The maximum Gasteiger partial charge on any atom is 0.0698 e. The zero-order chi connectivity index (χ0) is 7.82. The summed E-state index contributed by atoms with van der Waals surface area (Å²) < 4.78 is 5.06. The van der Waals surface area contributed by atoms with Crippen molar-refractivity contribution in [2.45, 2.75) is 6.92 Å². The second-order valence-electron chi connectivity index (χ2n) is 2.23. The van der Waals surface area contributed by atoms with Crippen LogP contribution >= 0.6 is 0 Å². The van der Waals surface area contributed by atoms with Crippen LogP contribution in [0, 0.1) is 0 Å². The van der Waals surface area contributed by atoms with Crippen molar-refractivity contribution in [1.29, 1.82) is 0 Å². The van der Waals surface area contributed by atoms with Crippen molar-refractivity contribution < 1.29 is 9.84 Å². The number of ether oxygens (including phenoxy) is 1. The van der Waals surface area contributed by atoms with E-state index in [1.165, 1.54) is 0 Å². The van der Waals surface area contributed by atoms with E-state index in [2.05, 4.69) is 11.8 Å². The van der Waals surface area contributed by atoms with Gasteiger partial charge in [0.25, 0.3) is 0 Å². The van der Waals surface area contributed by atoms with Gasteiger partial charge in [-0.3, -0.25) is 0 Å². The largest absolute Gasteiger partial charge is 0.394 e. The molecule has 0 aliphatic rings. The van der Waals surface area contributed by atoms with Crippen LogP contribution in [0.2, 0.25) is 0 Å². The third kappa shape index (κ3) is 6.01. The summed E-state index contributed by atoms with van der Waals surface area (Å²) >= 11 is 0. The minimum Gasteiger partial charge on any atom is -0.394 e. The molecule has 0 rings (SSSR count). The lowest BCUT2D eigenvalue weighted by Gasteiger charge is -2.12. The molecule has 0 spiro atoms. The van der Waals surface area contributed by atoms with Gasteiger partial charge in [0.2, 0.25) is 0 Å². The van der Waals surface area contributed by atoms with Crippen LogP contribution in [0.3, 0.4) is 0 Å². The Bertz CT molecular complexity index is 68.6. The van der Waals surface area contributed by atoms with Gasteiger partial charge in [0.15, 0.2) is 0 Å². The first-order chi connectivity index (χ1) is 4.81. The summed E-state index contributed by atoms with van der Waals surface area (Å²) in [6.45, 7) is 5.38. The molecule has 62 valence electrons. The molecule has 0 aromatic rings. The maximum atomic E-state index is 8.35. The summed E-state index contributed by atoms with van der Waals surface area (Å²) in [5, 5.41) is 8.35. The van der Waals surface area contributed by atoms with Crippen LogP contribution in [0.1, 0.15) is 6.92 Å². The highest BCUT2D eigenvalue weighted by Crippen LogP contribution is 1.81. The van der Waals surface area contributed by atoms with E-state index in [4.69, 9.17) is 9.84 Å². The van der Waals surface area contributed by atoms with Crippen LogP contribution in [0.25, 0.3) is 0 Å². The summed E-state index contributed by atoms with van der Waals surface area (Å²) in [6, 6.07) is 0. The first-order valence-corrected chi connectivity index (χ1v) is 3.68. The molecule has 0 aliphatic heterocycles. The van der Waals surface area contributed by atoms with Gasteiger partial charge in [0.05, 0.1) is 19.8 Å². The third-order valence-corrected chi connectivity index (χ3v) is 1.39. The van der Waals surface area contributed by atoms with Gasteiger partial charge in [-0.1, -0.05) is 6.92 Å². The molecular weight excluding hydrogens is 130 g/mol. The van der Waals surface area contributed by atoms with E-state index in [-0.39, 0.29) is 6.61 Å². The minimum atomic E-state index is 0.121. The molecular formula is C7H17NO2. The number of aliphatic hydroxyl groups excluding tert-OH is 1.